The highest BCUT2D eigenvalue weighted by atomic mass is 35.5. The molecule has 9 nitrogen and oxygen atoms in total. The fourth-order valence-electron chi connectivity index (χ4n) is 5.26. The van der Waals surface area contributed by atoms with E-state index in [2.05, 4.69) is 20.6 Å². The van der Waals surface area contributed by atoms with Gasteiger partial charge in [0, 0.05) is 24.1 Å². The van der Waals surface area contributed by atoms with E-state index in [-0.39, 0.29) is 40.7 Å². The van der Waals surface area contributed by atoms with E-state index in [0.717, 1.165) is 31.4 Å². The molecule has 2 aliphatic carbocycles. The van der Waals surface area contributed by atoms with Crippen LogP contribution in [0, 0.1) is 17.6 Å². The van der Waals surface area contributed by atoms with Crippen LogP contribution in [0.25, 0.3) is 11.2 Å². The first kappa shape index (κ1) is 24.6. The molecule has 0 bridgehead atoms. The summed E-state index contributed by atoms with van der Waals surface area (Å²) in [5.41, 5.74) is 6.44. The van der Waals surface area contributed by atoms with Crippen molar-refractivity contribution in [1.29, 1.82) is 0 Å². The minimum Gasteiger partial charge on any atom is -0.393 e. The minimum atomic E-state index is -0.847. The third-order valence-corrected chi connectivity index (χ3v) is 7.42. The number of amides is 1. The Bertz CT molecular complexity index is 1260. The molecule has 2 fully saturated rings. The van der Waals surface area contributed by atoms with E-state index in [1.807, 2.05) is 4.57 Å². The Labute approximate surface area is 211 Å². The Kier molecular flexibility index (Phi) is 6.94. The van der Waals surface area contributed by atoms with Crippen molar-refractivity contribution in [3.63, 3.8) is 0 Å². The summed E-state index contributed by atoms with van der Waals surface area (Å²) in [7, 11) is 0. The first-order valence-corrected chi connectivity index (χ1v) is 12.6. The van der Waals surface area contributed by atoms with Crippen LogP contribution in [0.5, 0.6) is 0 Å². The molecule has 2 atom stereocenters. The molecule has 0 radical (unpaired) electrons. The lowest BCUT2D eigenvalue weighted by atomic mass is 9.85. The second-order valence-electron chi connectivity index (χ2n) is 9.65. The van der Waals surface area contributed by atoms with Crippen LogP contribution < -0.4 is 16.4 Å². The van der Waals surface area contributed by atoms with Gasteiger partial charge in [0.2, 0.25) is 17.8 Å². The van der Waals surface area contributed by atoms with Crippen LogP contribution in [0.3, 0.4) is 0 Å². The third-order valence-electron chi connectivity index (χ3n) is 7.12. The van der Waals surface area contributed by atoms with Crippen LogP contribution in [0.2, 0.25) is 5.02 Å². The Morgan fingerprint density at radius 2 is 1.92 bits per heavy atom. The zero-order chi connectivity index (χ0) is 25.4. The highest BCUT2D eigenvalue weighted by molar-refractivity contribution is 6.33. The number of hydrogen-bond acceptors (Lipinski definition) is 7. The molecule has 12 heteroatoms. The van der Waals surface area contributed by atoms with Crippen molar-refractivity contribution in [3.8, 4) is 0 Å². The van der Waals surface area contributed by atoms with Crippen molar-refractivity contribution in [2.24, 2.45) is 11.7 Å². The maximum absolute atomic E-state index is 14.6. The van der Waals surface area contributed by atoms with Crippen molar-refractivity contribution < 1.29 is 18.7 Å². The molecule has 36 heavy (non-hydrogen) atoms. The smallest absolute Gasteiger partial charge is 0.224 e. The van der Waals surface area contributed by atoms with Crippen LogP contribution in [0.1, 0.15) is 57.4 Å². The minimum absolute atomic E-state index is 0.0540. The van der Waals surface area contributed by atoms with E-state index in [1.54, 1.807) is 6.20 Å². The summed E-state index contributed by atoms with van der Waals surface area (Å²) in [4.78, 5) is 25.4. The SMILES string of the molecule is NC(=O)[C@H]1CC[C@@H](n2c(Nc3c(F)cc(F)cc3Cl)nc3cnc(NC4CCC[C@H](O)C4)nc32)CC1. The standard InChI is InChI=1S/C24H28ClF2N7O2/c25-17-8-13(26)9-18(27)20(17)32-24-31-19-11-29-23(30-14-2-1-3-16(35)10-14)33-22(19)34(24)15-6-4-12(5-7-15)21(28)36/h8-9,11-12,14-16,35H,1-7,10H2,(H2,28,36)(H,31,32)(H,29,30,33)/t12-,14?,15+,16-/m0/s1. The molecule has 1 unspecified atom stereocenters. The zero-order valence-electron chi connectivity index (χ0n) is 19.6. The molecule has 5 rings (SSSR count). The zero-order valence-corrected chi connectivity index (χ0v) is 20.3. The Morgan fingerprint density at radius 3 is 2.61 bits per heavy atom. The van der Waals surface area contributed by atoms with E-state index in [1.165, 1.54) is 0 Å². The second-order valence-corrected chi connectivity index (χ2v) is 10.1. The van der Waals surface area contributed by atoms with Gasteiger partial charge in [0.15, 0.2) is 11.5 Å². The van der Waals surface area contributed by atoms with Gasteiger partial charge in [0.1, 0.15) is 11.3 Å². The van der Waals surface area contributed by atoms with Crippen molar-refractivity contribution in [2.75, 3.05) is 10.6 Å². The third kappa shape index (κ3) is 5.08. The lowest BCUT2D eigenvalue weighted by Gasteiger charge is -2.29. The fraction of sp³-hybridized carbons (Fsp3) is 0.500. The van der Waals surface area contributed by atoms with Crippen LogP contribution in [-0.4, -0.2) is 42.7 Å². The van der Waals surface area contributed by atoms with Gasteiger partial charge in [-0.15, -0.1) is 0 Å². The number of nitrogens with zero attached hydrogens (tertiary/aromatic N) is 4. The van der Waals surface area contributed by atoms with Crippen molar-refractivity contribution in [2.45, 2.75) is 69.6 Å². The molecule has 2 aliphatic rings. The molecule has 2 heterocycles. The van der Waals surface area contributed by atoms with E-state index in [4.69, 9.17) is 22.3 Å². The summed E-state index contributed by atoms with van der Waals surface area (Å²) >= 11 is 6.13. The van der Waals surface area contributed by atoms with Crippen molar-refractivity contribution in [1.82, 2.24) is 19.5 Å². The number of hydrogen-bond donors (Lipinski definition) is 4. The number of aliphatic hydroxyl groups is 1. The highest BCUT2D eigenvalue weighted by Gasteiger charge is 2.30. The number of imidazole rings is 1. The summed E-state index contributed by atoms with van der Waals surface area (Å²) in [6.45, 7) is 0. The molecular formula is C24H28ClF2N7O2. The molecule has 0 aliphatic heterocycles. The van der Waals surface area contributed by atoms with Gasteiger partial charge in [-0.1, -0.05) is 11.6 Å². The summed E-state index contributed by atoms with van der Waals surface area (Å²) in [6.07, 6.45) is 6.99. The average Bonchev–Trinajstić information content (AvgIpc) is 3.18. The predicted molar refractivity (Wildman–Crippen MR) is 132 cm³/mol. The molecule has 0 saturated heterocycles. The second kappa shape index (κ2) is 10.1. The van der Waals surface area contributed by atoms with E-state index >= 15 is 0 Å². The average molecular weight is 520 g/mol. The quantitative estimate of drug-likeness (QED) is 0.379. The number of nitrogens with two attached hydrogens (primary N) is 1. The van der Waals surface area contributed by atoms with E-state index in [9.17, 15) is 18.7 Å². The largest absolute Gasteiger partial charge is 0.393 e. The summed E-state index contributed by atoms with van der Waals surface area (Å²) in [6, 6.07) is 1.74. The maximum Gasteiger partial charge on any atom is 0.224 e. The normalized spacial score (nSPS) is 24.6. The molecule has 1 amide bonds. The number of halogens is 3. The van der Waals surface area contributed by atoms with Crippen LogP contribution >= 0.6 is 11.6 Å². The van der Waals surface area contributed by atoms with Gasteiger partial charge < -0.3 is 21.5 Å². The lowest BCUT2D eigenvalue weighted by molar-refractivity contribution is -0.122. The van der Waals surface area contributed by atoms with Crippen molar-refractivity contribution >= 4 is 46.3 Å². The predicted octanol–water partition coefficient (Wildman–Crippen LogP) is 4.43. The van der Waals surface area contributed by atoms with Gasteiger partial charge in [0.25, 0.3) is 0 Å². The number of aliphatic hydroxyl groups excluding tert-OH is 1. The molecule has 2 saturated carbocycles. The topological polar surface area (TPSA) is 131 Å². The Balaban J connectivity index is 1.51. The van der Waals surface area contributed by atoms with Crippen LogP contribution in [0.4, 0.5) is 26.4 Å². The number of anilines is 3. The fourth-order valence-corrected chi connectivity index (χ4v) is 5.51. The molecule has 192 valence electrons. The number of benzene rings is 1. The highest BCUT2D eigenvalue weighted by Crippen LogP contribution is 2.38. The summed E-state index contributed by atoms with van der Waals surface area (Å²) in [5, 5.41) is 16.1. The van der Waals surface area contributed by atoms with Gasteiger partial charge in [0.05, 0.1) is 23.0 Å². The van der Waals surface area contributed by atoms with Gasteiger partial charge in [-0.3, -0.25) is 9.36 Å². The Morgan fingerprint density at radius 1 is 1.14 bits per heavy atom. The number of aromatic nitrogens is 4. The lowest BCUT2D eigenvalue weighted by Crippen LogP contribution is -2.30. The monoisotopic (exact) mass is 519 g/mol. The summed E-state index contributed by atoms with van der Waals surface area (Å²) in [5.74, 6) is -1.44. The van der Waals surface area contributed by atoms with Crippen LogP contribution in [-0.2, 0) is 4.79 Å². The van der Waals surface area contributed by atoms with Gasteiger partial charge in [-0.25, -0.2) is 18.7 Å². The molecule has 1 aromatic carbocycles. The number of nitrogens with one attached hydrogen (secondary N) is 2. The van der Waals surface area contributed by atoms with Gasteiger partial charge >= 0.3 is 0 Å². The van der Waals surface area contributed by atoms with Crippen molar-refractivity contribution in [3.05, 3.63) is 35.0 Å². The molecule has 2 aromatic heterocycles. The van der Waals surface area contributed by atoms with Gasteiger partial charge in [-0.2, -0.15) is 4.98 Å². The number of carbonyl (C=O) groups excluding carboxylic acids is 1. The maximum atomic E-state index is 14.6. The summed E-state index contributed by atoms with van der Waals surface area (Å²) < 4.78 is 30.1. The Hall–Kier alpha value is -3.05. The van der Waals surface area contributed by atoms with E-state index < -0.39 is 11.6 Å². The molecule has 0 spiro atoms. The number of fused-ring (bicyclic) bond motifs is 1. The van der Waals surface area contributed by atoms with Gasteiger partial charge in [-0.05, 0) is 57.4 Å². The molecule has 3 aromatic rings. The molecular weight excluding hydrogens is 492 g/mol. The molecule has 5 N–H and O–H groups in total. The van der Waals surface area contributed by atoms with E-state index in [0.29, 0.717) is 55.2 Å². The first-order chi connectivity index (χ1) is 17.3. The first-order valence-electron chi connectivity index (χ1n) is 12.2. The number of primary amides is 1. The number of rotatable bonds is 6. The van der Waals surface area contributed by atoms with Crippen LogP contribution in [0.15, 0.2) is 18.3 Å². The number of carbonyl (C=O) groups is 1.